The fraction of sp³-hybridized carbons (Fsp3) is 0.478. The zero-order valence-electron chi connectivity index (χ0n) is 15.5. The second-order valence-electron chi connectivity index (χ2n) is 7.14. The average molecular weight is 325 g/mol. The van der Waals surface area contributed by atoms with Crippen LogP contribution in [-0.2, 0) is 6.42 Å². The third kappa shape index (κ3) is 4.87. The van der Waals surface area contributed by atoms with Gasteiger partial charge in [0.1, 0.15) is 5.75 Å². The maximum Gasteiger partial charge on any atom is 0.119 e. The number of unbranched alkanes of at least 4 members (excludes halogenated alkanes) is 4. The molecule has 0 amide bonds. The molecule has 0 saturated heterocycles. The van der Waals surface area contributed by atoms with Crippen LogP contribution < -0.4 is 0 Å². The van der Waals surface area contributed by atoms with Crippen LogP contribution in [0.15, 0.2) is 48.5 Å². The molecule has 1 unspecified atom stereocenters. The molecule has 0 heterocycles. The van der Waals surface area contributed by atoms with Crippen LogP contribution in [0.1, 0.15) is 75.5 Å². The molecule has 0 fully saturated rings. The largest absolute Gasteiger partial charge is 0.508 e. The van der Waals surface area contributed by atoms with Gasteiger partial charge in [-0.2, -0.15) is 0 Å². The molecule has 24 heavy (non-hydrogen) atoms. The molecule has 0 spiro atoms. The van der Waals surface area contributed by atoms with Gasteiger partial charge in [0.05, 0.1) is 0 Å². The van der Waals surface area contributed by atoms with Gasteiger partial charge in [0, 0.05) is 11.5 Å². The number of hydrogen-bond acceptors (Lipinski definition) is 1. The third-order valence-corrected chi connectivity index (χ3v) is 4.88. The predicted octanol–water partition coefficient (Wildman–Crippen LogP) is 6.69. The molecule has 0 aliphatic carbocycles. The van der Waals surface area contributed by atoms with Crippen molar-refractivity contribution in [2.24, 2.45) is 5.92 Å². The van der Waals surface area contributed by atoms with Gasteiger partial charge >= 0.3 is 0 Å². The van der Waals surface area contributed by atoms with Crippen molar-refractivity contribution in [2.45, 2.75) is 65.2 Å². The van der Waals surface area contributed by atoms with Crippen LogP contribution in [-0.4, -0.2) is 5.11 Å². The SMILES string of the molecule is CCCCCCCc1ccccc1C(c1ccccc1O)C(C)C. The number of aromatic hydroxyl groups is 1. The molecule has 1 N–H and O–H groups in total. The lowest BCUT2D eigenvalue weighted by Gasteiger charge is -2.25. The van der Waals surface area contributed by atoms with Crippen molar-refractivity contribution in [3.8, 4) is 5.75 Å². The van der Waals surface area contributed by atoms with E-state index in [1.54, 1.807) is 6.07 Å². The van der Waals surface area contributed by atoms with Crippen molar-refractivity contribution in [3.63, 3.8) is 0 Å². The van der Waals surface area contributed by atoms with Crippen LogP contribution in [0, 0.1) is 5.92 Å². The van der Waals surface area contributed by atoms with E-state index in [1.807, 2.05) is 12.1 Å². The lowest BCUT2D eigenvalue weighted by atomic mass is 9.79. The van der Waals surface area contributed by atoms with E-state index >= 15 is 0 Å². The van der Waals surface area contributed by atoms with E-state index in [-0.39, 0.29) is 5.92 Å². The summed E-state index contributed by atoms with van der Waals surface area (Å²) in [6, 6.07) is 16.6. The summed E-state index contributed by atoms with van der Waals surface area (Å²) in [4.78, 5) is 0. The van der Waals surface area contributed by atoms with Crippen LogP contribution >= 0.6 is 0 Å². The minimum Gasteiger partial charge on any atom is -0.508 e. The second kappa shape index (κ2) is 9.52. The van der Waals surface area contributed by atoms with E-state index in [2.05, 4.69) is 51.1 Å². The highest BCUT2D eigenvalue weighted by molar-refractivity contribution is 5.44. The number of rotatable bonds is 9. The zero-order valence-corrected chi connectivity index (χ0v) is 15.5. The van der Waals surface area contributed by atoms with Crippen LogP contribution in [0.25, 0.3) is 0 Å². The van der Waals surface area contributed by atoms with Crippen LogP contribution in [0.4, 0.5) is 0 Å². The zero-order chi connectivity index (χ0) is 17.4. The van der Waals surface area contributed by atoms with Gasteiger partial charge in [0.25, 0.3) is 0 Å². The Morgan fingerprint density at radius 2 is 1.42 bits per heavy atom. The van der Waals surface area contributed by atoms with Gasteiger partial charge in [-0.1, -0.05) is 88.9 Å². The van der Waals surface area contributed by atoms with Gasteiger partial charge in [-0.05, 0) is 36.0 Å². The first-order chi connectivity index (χ1) is 11.6. The Hall–Kier alpha value is -1.76. The van der Waals surface area contributed by atoms with E-state index in [4.69, 9.17) is 0 Å². The quantitative estimate of drug-likeness (QED) is 0.509. The highest BCUT2D eigenvalue weighted by Gasteiger charge is 2.23. The summed E-state index contributed by atoms with van der Waals surface area (Å²) < 4.78 is 0. The van der Waals surface area contributed by atoms with Gasteiger partial charge in [0.2, 0.25) is 0 Å². The van der Waals surface area contributed by atoms with Crippen LogP contribution in [0.5, 0.6) is 5.75 Å². The monoisotopic (exact) mass is 324 g/mol. The van der Waals surface area contributed by atoms with Gasteiger partial charge < -0.3 is 5.11 Å². The Balaban J connectivity index is 2.23. The van der Waals surface area contributed by atoms with E-state index in [0.717, 1.165) is 12.0 Å². The lowest BCUT2D eigenvalue weighted by molar-refractivity contribution is 0.451. The lowest BCUT2D eigenvalue weighted by Crippen LogP contribution is -2.11. The molecule has 2 rings (SSSR count). The molecule has 1 heteroatoms. The normalized spacial score (nSPS) is 12.5. The van der Waals surface area contributed by atoms with E-state index < -0.39 is 0 Å². The summed E-state index contributed by atoms with van der Waals surface area (Å²) in [6.45, 7) is 6.75. The van der Waals surface area contributed by atoms with Crippen molar-refractivity contribution < 1.29 is 5.11 Å². The molecule has 0 aliphatic rings. The Kier molecular flexibility index (Phi) is 7.36. The van der Waals surface area contributed by atoms with Crippen molar-refractivity contribution >= 4 is 0 Å². The molecular formula is C23H32O. The molecule has 130 valence electrons. The Morgan fingerprint density at radius 3 is 2.08 bits per heavy atom. The summed E-state index contributed by atoms with van der Waals surface area (Å²) >= 11 is 0. The van der Waals surface area contributed by atoms with Crippen molar-refractivity contribution in [1.82, 2.24) is 0 Å². The molecule has 1 atom stereocenters. The third-order valence-electron chi connectivity index (χ3n) is 4.88. The van der Waals surface area contributed by atoms with Gasteiger partial charge in [-0.3, -0.25) is 0 Å². The molecule has 1 nitrogen and oxygen atoms in total. The number of hydrogen-bond donors (Lipinski definition) is 1. The highest BCUT2D eigenvalue weighted by Crippen LogP contribution is 2.38. The molecule has 0 radical (unpaired) electrons. The molecule has 2 aromatic rings. The number of aryl methyl sites for hydroxylation is 1. The highest BCUT2D eigenvalue weighted by atomic mass is 16.3. The summed E-state index contributed by atoms with van der Waals surface area (Å²) in [5, 5.41) is 10.4. The minimum atomic E-state index is 0.248. The maximum absolute atomic E-state index is 10.4. The number of benzene rings is 2. The van der Waals surface area contributed by atoms with E-state index in [9.17, 15) is 5.11 Å². The summed E-state index contributed by atoms with van der Waals surface area (Å²) in [5.41, 5.74) is 3.87. The maximum atomic E-state index is 10.4. The van der Waals surface area contributed by atoms with Crippen molar-refractivity contribution in [1.29, 1.82) is 0 Å². The standard InChI is InChI=1S/C23H32O/c1-4-5-6-7-8-13-19-14-9-10-15-20(19)23(18(2)3)21-16-11-12-17-22(21)24/h9-12,14-18,23-24H,4-8,13H2,1-3H3. The molecule has 0 aromatic heterocycles. The van der Waals surface area contributed by atoms with Crippen LogP contribution in [0.2, 0.25) is 0 Å². The van der Waals surface area contributed by atoms with Gasteiger partial charge in [-0.25, -0.2) is 0 Å². The first kappa shape index (κ1) is 18.6. The number of phenols is 1. The second-order valence-corrected chi connectivity index (χ2v) is 7.14. The first-order valence-electron chi connectivity index (χ1n) is 9.50. The van der Waals surface area contributed by atoms with E-state index in [1.165, 1.54) is 43.2 Å². The molecule has 0 bridgehead atoms. The Bertz CT molecular complexity index is 615. The topological polar surface area (TPSA) is 20.2 Å². The van der Waals surface area contributed by atoms with Crippen molar-refractivity contribution in [3.05, 3.63) is 65.2 Å². The predicted molar refractivity (Wildman–Crippen MR) is 104 cm³/mol. The fourth-order valence-electron chi connectivity index (χ4n) is 3.62. The van der Waals surface area contributed by atoms with Crippen LogP contribution in [0.3, 0.4) is 0 Å². The summed E-state index contributed by atoms with van der Waals surface area (Å²) in [7, 11) is 0. The number of para-hydroxylation sites is 1. The molecule has 2 aromatic carbocycles. The summed E-state index contributed by atoms with van der Waals surface area (Å²) in [6.07, 6.45) is 7.67. The smallest absolute Gasteiger partial charge is 0.119 e. The first-order valence-corrected chi connectivity index (χ1v) is 9.50. The Morgan fingerprint density at radius 1 is 0.792 bits per heavy atom. The van der Waals surface area contributed by atoms with Crippen molar-refractivity contribution in [2.75, 3.05) is 0 Å². The van der Waals surface area contributed by atoms with Gasteiger partial charge in [0.15, 0.2) is 0 Å². The molecule has 0 aliphatic heterocycles. The van der Waals surface area contributed by atoms with E-state index in [0.29, 0.717) is 11.7 Å². The molecular weight excluding hydrogens is 292 g/mol. The van der Waals surface area contributed by atoms with Gasteiger partial charge in [-0.15, -0.1) is 0 Å². The fourth-order valence-corrected chi connectivity index (χ4v) is 3.62. The summed E-state index contributed by atoms with van der Waals surface area (Å²) in [5.74, 6) is 1.10. The average Bonchev–Trinajstić information content (AvgIpc) is 2.57. The minimum absolute atomic E-state index is 0.248. The number of phenolic OH excluding ortho intramolecular Hbond substituents is 1. The molecule has 0 saturated carbocycles. The Labute approximate surface area is 147 Å².